The number of aromatic nitrogens is 5. The van der Waals surface area contributed by atoms with Crippen LogP contribution in [0.1, 0.15) is 18.5 Å². The summed E-state index contributed by atoms with van der Waals surface area (Å²) in [5.74, 6) is -1.89. The molecule has 10 heteroatoms. The first-order valence-electron chi connectivity index (χ1n) is 8.87. The number of hydrogen-bond donors (Lipinski definition) is 2. The highest BCUT2D eigenvalue weighted by molar-refractivity contribution is 7.13. The zero-order valence-electron chi connectivity index (χ0n) is 15.0. The van der Waals surface area contributed by atoms with Crippen LogP contribution < -0.4 is 5.32 Å². The zero-order chi connectivity index (χ0) is 19.3. The lowest BCUT2D eigenvalue weighted by atomic mass is 9.87. The Labute approximate surface area is 163 Å². The van der Waals surface area contributed by atoms with Crippen molar-refractivity contribution in [2.45, 2.75) is 31.4 Å². The third-order valence-electron chi connectivity index (χ3n) is 5.05. The molecule has 7 nitrogen and oxygen atoms in total. The maximum Gasteiger partial charge on any atom is 0.251 e. The number of pyridine rings is 2. The van der Waals surface area contributed by atoms with Crippen molar-refractivity contribution in [1.29, 1.82) is 0 Å². The van der Waals surface area contributed by atoms with Crippen molar-refractivity contribution in [2.75, 3.05) is 12.4 Å². The topological polar surface area (TPSA) is 82.6 Å². The number of alkyl halides is 2. The number of nitrogens with zero attached hydrogens (tertiary/aromatic N) is 5. The van der Waals surface area contributed by atoms with Gasteiger partial charge in [-0.3, -0.25) is 20.0 Å². The van der Waals surface area contributed by atoms with Crippen LogP contribution in [0.3, 0.4) is 0 Å². The van der Waals surface area contributed by atoms with Gasteiger partial charge in [0.05, 0.1) is 27.8 Å². The van der Waals surface area contributed by atoms with E-state index in [2.05, 4.69) is 29.9 Å². The number of aromatic amines is 1. The zero-order valence-corrected chi connectivity index (χ0v) is 15.8. The molecule has 0 amide bonds. The van der Waals surface area contributed by atoms with E-state index in [9.17, 15) is 8.78 Å². The average molecular weight is 401 g/mol. The molecule has 1 aliphatic rings. The van der Waals surface area contributed by atoms with E-state index in [4.69, 9.17) is 0 Å². The van der Waals surface area contributed by atoms with Crippen LogP contribution in [0, 0.1) is 0 Å². The van der Waals surface area contributed by atoms with Crippen molar-refractivity contribution in [3.8, 4) is 0 Å². The highest BCUT2D eigenvalue weighted by Crippen LogP contribution is 2.40. The smallest absolute Gasteiger partial charge is 0.251 e. The van der Waals surface area contributed by atoms with Crippen LogP contribution in [-0.2, 0) is 6.54 Å². The maximum absolute atomic E-state index is 13.1. The van der Waals surface area contributed by atoms with E-state index in [1.54, 1.807) is 12.4 Å². The summed E-state index contributed by atoms with van der Waals surface area (Å²) in [5, 5.41) is 10.4. The largest absolute Gasteiger partial charge is 0.336 e. The first-order valence-corrected chi connectivity index (χ1v) is 9.64. The van der Waals surface area contributed by atoms with Crippen molar-refractivity contribution >= 4 is 44.3 Å². The number of halogens is 2. The Morgan fingerprint density at radius 2 is 2.18 bits per heavy atom. The van der Waals surface area contributed by atoms with Gasteiger partial charge >= 0.3 is 0 Å². The average Bonchev–Trinajstić information content (AvgIpc) is 3.24. The van der Waals surface area contributed by atoms with Gasteiger partial charge in [0.2, 0.25) is 0 Å². The Balaban J connectivity index is 1.35. The van der Waals surface area contributed by atoms with E-state index in [1.807, 2.05) is 30.1 Å². The second kappa shape index (κ2) is 6.42. The second-order valence-corrected chi connectivity index (χ2v) is 7.93. The summed E-state index contributed by atoms with van der Waals surface area (Å²) in [6.45, 7) is 0.508. The van der Waals surface area contributed by atoms with Gasteiger partial charge in [0.1, 0.15) is 11.0 Å². The predicted molar refractivity (Wildman–Crippen MR) is 104 cm³/mol. The highest BCUT2D eigenvalue weighted by atomic mass is 32.1. The first kappa shape index (κ1) is 17.4. The summed E-state index contributed by atoms with van der Waals surface area (Å²) in [5.41, 5.74) is 4.01. The molecule has 0 bridgehead atoms. The molecule has 5 rings (SSSR count). The van der Waals surface area contributed by atoms with E-state index in [0.29, 0.717) is 12.4 Å². The summed E-state index contributed by atoms with van der Waals surface area (Å²) >= 11 is 1.35. The van der Waals surface area contributed by atoms with E-state index < -0.39 is 5.92 Å². The third kappa shape index (κ3) is 3.08. The lowest BCUT2D eigenvalue weighted by Gasteiger charge is -2.40. The predicted octanol–water partition coefficient (Wildman–Crippen LogP) is 3.94. The molecule has 4 heterocycles. The second-order valence-electron chi connectivity index (χ2n) is 7.13. The van der Waals surface area contributed by atoms with E-state index >= 15 is 0 Å². The normalized spacial score (nSPS) is 16.7. The van der Waals surface area contributed by atoms with E-state index in [0.717, 1.165) is 32.6 Å². The van der Waals surface area contributed by atoms with Crippen molar-refractivity contribution in [3.63, 3.8) is 0 Å². The molecule has 0 spiro atoms. The Hall–Kier alpha value is -2.72. The minimum absolute atomic E-state index is 0.0846. The third-order valence-corrected chi connectivity index (χ3v) is 5.87. The fraction of sp³-hybridized carbons (Fsp3) is 0.333. The molecule has 1 saturated carbocycles. The molecule has 2 N–H and O–H groups in total. The minimum atomic E-state index is -2.52. The fourth-order valence-corrected chi connectivity index (χ4v) is 4.22. The summed E-state index contributed by atoms with van der Waals surface area (Å²) in [4.78, 5) is 10.8. The number of nitrogens with one attached hydrogen (secondary N) is 2. The molecule has 0 atom stereocenters. The molecule has 0 aliphatic heterocycles. The number of hydrogen-bond acceptors (Lipinski definition) is 7. The number of anilines is 2. The molecule has 0 unspecified atom stereocenters. The molecule has 4 aromatic rings. The van der Waals surface area contributed by atoms with Gasteiger partial charge in [-0.05, 0) is 36.8 Å². The van der Waals surface area contributed by atoms with Crippen LogP contribution in [0.2, 0.25) is 0 Å². The Morgan fingerprint density at radius 3 is 3.00 bits per heavy atom. The summed E-state index contributed by atoms with van der Waals surface area (Å²) < 4.78 is 31.6. The quantitative estimate of drug-likeness (QED) is 0.527. The van der Waals surface area contributed by atoms with Crippen LogP contribution in [0.4, 0.5) is 20.3 Å². The van der Waals surface area contributed by atoms with Gasteiger partial charge in [-0.1, -0.05) is 0 Å². The van der Waals surface area contributed by atoms with Crippen LogP contribution >= 0.6 is 11.5 Å². The lowest BCUT2D eigenvalue weighted by molar-refractivity contribution is -0.121. The molecular formula is C18H17F2N7S. The highest BCUT2D eigenvalue weighted by Gasteiger charge is 2.47. The molecule has 0 saturated heterocycles. The Morgan fingerprint density at radius 1 is 1.32 bits per heavy atom. The number of H-pyrrole nitrogens is 1. The SMILES string of the molecule is CN(Cc1nsc2cc(Nc3n[nH]c4cccnc34)cnc12)C1CC(F)(F)C1. The van der Waals surface area contributed by atoms with Crippen LogP contribution in [0.15, 0.2) is 30.6 Å². The number of rotatable bonds is 5. The molecule has 0 aromatic carbocycles. The molecule has 1 fully saturated rings. The fourth-order valence-electron chi connectivity index (χ4n) is 3.43. The number of fused-ring (bicyclic) bond motifs is 2. The molecule has 144 valence electrons. The van der Waals surface area contributed by atoms with Crippen LogP contribution in [-0.4, -0.2) is 48.5 Å². The van der Waals surface area contributed by atoms with E-state index in [1.165, 1.54) is 11.5 Å². The van der Waals surface area contributed by atoms with Crippen molar-refractivity contribution in [3.05, 3.63) is 36.3 Å². The first-order chi connectivity index (χ1) is 13.5. The van der Waals surface area contributed by atoms with E-state index in [-0.39, 0.29) is 18.9 Å². The van der Waals surface area contributed by atoms with Crippen molar-refractivity contribution in [2.24, 2.45) is 0 Å². The van der Waals surface area contributed by atoms with Crippen LogP contribution in [0.25, 0.3) is 21.3 Å². The summed E-state index contributed by atoms with van der Waals surface area (Å²) in [6, 6.07) is 5.61. The Kier molecular flexibility index (Phi) is 3.98. The van der Waals surface area contributed by atoms with Gasteiger partial charge in [-0.15, -0.1) is 0 Å². The van der Waals surface area contributed by atoms with Crippen LogP contribution in [0.5, 0.6) is 0 Å². The summed E-state index contributed by atoms with van der Waals surface area (Å²) in [6.07, 6.45) is 3.27. The lowest BCUT2D eigenvalue weighted by Crippen LogP contribution is -2.48. The Bertz CT molecular complexity index is 1150. The standard InChI is InChI=1S/C18H17F2N7S/c1-27(11-6-18(19,20)7-11)9-13-15-14(28-26-13)5-10(8-22-15)23-17-16-12(24-25-17)3-2-4-21-16/h2-5,8,11H,6-7,9H2,1H3,(H2,23,24,25). The molecule has 0 radical (unpaired) electrons. The molecule has 4 aromatic heterocycles. The monoisotopic (exact) mass is 401 g/mol. The molecular weight excluding hydrogens is 384 g/mol. The van der Waals surface area contributed by atoms with Gasteiger partial charge in [0.15, 0.2) is 5.82 Å². The molecule has 1 aliphatic carbocycles. The maximum atomic E-state index is 13.1. The molecule has 28 heavy (non-hydrogen) atoms. The van der Waals surface area contributed by atoms with Gasteiger partial charge in [0.25, 0.3) is 5.92 Å². The minimum Gasteiger partial charge on any atom is -0.336 e. The van der Waals surface area contributed by atoms with Gasteiger partial charge in [-0.2, -0.15) is 9.47 Å². The van der Waals surface area contributed by atoms with Gasteiger partial charge in [-0.25, -0.2) is 8.78 Å². The van der Waals surface area contributed by atoms with Gasteiger partial charge < -0.3 is 5.32 Å². The summed E-state index contributed by atoms with van der Waals surface area (Å²) in [7, 11) is 1.86. The van der Waals surface area contributed by atoms with Gasteiger partial charge in [0, 0.05) is 31.6 Å². The van der Waals surface area contributed by atoms with Crippen molar-refractivity contribution < 1.29 is 8.78 Å². The van der Waals surface area contributed by atoms with Crippen molar-refractivity contribution in [1.82, 2.24) is 29.4 Å².